The molecule has 2 atom stereocenters. The first kappa shape index (κ1) is 24.2. The quantitative estimate of drug-likeness (QED) is 0.342. The molecule has 3 N–H and O–H groups in total. The zero-order chi connectivity index (χ0) is 26.8. The van der Waals surface area contributed by atoms with E-state index in [-0.39, 0.29) is 27.5 Å². The lowest BCUT2D eigenvalue weighted by Gasteiger charge is -2.46. The molecule has 0 fully saturated rings. The number of aryl methyl sites for hydroxylation is 1. The van der Waals surface area contributed by atoms with Gasteiger partial charge in [-0.25, -0.2) is 0 Å². The number of phenolic OH excluding ortho intramolecular Hbond substituents is 3. The number of hydrogen-bond acceptors (Lipinski definition) is 7. The van der Waals surface area contributed by atoms with Crippen molar-refractivity contribution in [3.63, 3.8) is 0 Å². The molecule has 3 aliphatic rings. The van der Waals surface area contributed by atoms with Crippen molar-refractivity contribution in [3.8, 4) is 28.7 Å². The Bertz CT molecular complexity index is 1580. The molecule has 7 nitrogen and oxygen atoms in total. The fourth-order valence-electron chi connectivity index (χ4n) is 6.10. The minimum Gasteiger partial charge on any atom is -0.507 e. The Kier molecular flexibility index (Phi) is 4.89. The van der Waals surface area contributed by atoms with Crippen LogP contribution in [0.5, 0.6) is 28.7 Å². The molecule has 3 aromatic rings. The van der Waals surface area contributed by atoms with Crippen LogP contribution in [-0.2, 0) is 16.6 Å². The Morgan fingerprint density at radius 3 is 2.35 bits per heavy atom. The van der Waals surface area contributed by atoms with E-state index in [0.29, 0.717) is 29.0 Å². The van der Waals surface area contributed by atoms with Crippen LogP contribution in [0.1, 0.15) is 76.2 Å². The summed E-state index contributed by atoms with van der Waals surface area (Å²) in [5.41, 5.74) is 2.49. The van der Waals surface area contributed by atoms with E-state index in [2.05, 4.69) is 0 Å². The molecule has 2 aliphatic heterocycles. The van der Waals surface area contributed by atoms with Crippen molar-refractivity contribution < 1.29 is 34.3 Å². The highest BCUT2D eigenvalue weighted by atomic mass is 35.5. The number of halogens is 2. The summed E-state index contributed by atoms with van der Waals surface area (Å²) in [5, 5.41) is 32.4. The molecule has 0 saturated heterocycles. The van der Waals surface area contributed by atoms with Crippen molar-refractivity contribution in [1.29, 1.82) is 0 Å². The Balaban J connectivity index is 1.66. The second-order valence-corrected chi connectivity index (χ2v) is 11.3. The molecule has 37 heavy (non-hydrogen) atoms. The van der Waals surface area contributed by atoms with Crippen molar-refractivity contribution in [2.75, 3.05) is 7.11 Å². The van der Waals surface area contributed by atoms with E-state index in [9.17, 15) is 20.1 Å². The Hall–Kier alpha value is -3.13. The van der Waals surface area contributed by atoms with Gasteiger partial charge in [-0.3, -0.25) is 4.79 Å². The van der Waals surface area contributed by atoms with Crippen molar-refractivity contribution in [2.24, 2.45) is 0 Å². The van der Waals surface area contributed by atoms with Gasteiger partial charge in [-0.05, 0) is 35.2 Å². The summed E-state index contributed by atoms with van der Waals surface area (Å²) >= 11 is 12.6. The molecular weight excluding hydrogens is 519 g/mol. The highest BCUT2D eigenvalue weighted by Gasteiger charge is 2.50. The van der Waals surface area contributed by atoms with Crippen LogP contribution in [0.15, 0.2) is 18.2 Å². The van der Waals surface area contributed by atoms with Gasteiger partial charge in [0.1, 0.15) is 34.1 Å². The van der Waals surface area contributed by atoms with Gasteiger partial charge in [0.2, 0.25) is 11.6 Å². The Morgan fingerprint density at radius 2 is 1.68 bits per heavy atom. The molecule has 0 radical (unpaired) electrons. The number of ether oxygens (including phenoxy) is 3. The van der Waals surface area contributed by atoms with Crippen molar-refractivity contribution in [1.82, 2.24) is 0 Å². The van der Waals surface area contributed by atoms with Crippen molar-refractivity contribution in [3.05, 3.63) is 72.8 Å². The van der Waals surface area contributed by atoms with Gasteiger partial charge < -0.3 is 29.5 Å². The molecule has 0 saturated carbocycles. The van der Waals surface area contributed by atoms with Crippen LogP contribution in [0.4, 0.5) is 0 Å². The maximum Gasteiger partial charge on any atom is 0.212 e. The van der Waals surface area contributed by atoms with Crippen LogP contribution in [-0.4, -0.2) is 34.0 Å². The molecule has 0 spiro atoms. The smallest absolute Gasteiger partial charge is 0.212 e. The molecule has 0 unspecified atom stereocenters. The van der Waals surface area contributed by atoms with E-state index in [1.165, 1.54) is 0 Å². The first-order valence-electron chi connectivity index (χ1n) is 11.7. The maximum atomic E-state index is 13.9. The van der Waals surface area contributed by atoms with Gasteiger partial charge in [0.15, 0.2) is 5.75 Å². The monoisotopic (exact) mass is 542 g/mol. The highest BCUT2D eigenvalue weighted by Crippen LogP contribution is 2.58. The van der Waals surface area contributed by atoms with Crippen LogP contribution in [0.25, 0.3) is 0 Å². The number of aromatic hydroxyl groups is 3. The van der Waals surface area contributed by atoms with Gasteiger partial charge in [-0.2, -0.15) is 0 Å². The molecular formula is C28H24Cl2O7. The first-order valence-corrected chi connectivity index (χ1v) is 12.5. The number of rotatable bonds is 1. The Morgan fingerprint density at radius 1 is 0.973 bits per heavy atom. The summed E-state index contributed by atoms with van der Waals surface area (Å²) < 4.78 is 18.1. The van der Waals surface area contributed by atoms with Gasteiger partial charge in [-0.1, -0.05) is 43.1 Å². The number of benzene rings is 3. The fraction of sp³-hybridized carbons (Fsp3) is 0.321. The van der Waals surface area contributed by atoms with E-state index in [1.807, 2.05) is 39.8 Å². The summed E-state index contributed by atoms with van der Waals surface area (Å²) in [7, 11) is 1.58. The maximum absolute atomic E-state index is 13.9. The standard InChI is InChI=1S/C28H24Cl2O7/c1-10-6-12(35-5)8-14-15(10)26-16-11(9-28(4,36-14)37-26)7-13-17(22(16)31)23(32)18-19(27(13,2)3)20(29)25(34)21(30)24(18)33/h6-8,26,31,33-34H,9H2,1-5H3/t26-,28-/m1/s1. The molecule has 0 aromatic heterocycles. The minimum atomic E-state index is -1.02. The zero-order valence-corrected chi connectivity index (χ0v) is 22.3. The number of phenols is 3. The number of carbonyl (C=O) groups is 1. The predicted octanol–water partition coefficient (Wildman–Crippen LogP) is 6.07. The molecule has 6 rings (SSSR count). The lowest BCUT2D eigenvalue weighted by atomic mass is 9.66. The highest BCUT2D eigenvalue weighted by molar-refractivity contribution is 6.40. The van der Waals surface area contributed by atoms with Crippen LogP contribution >= 0.6 is 23.2 Å². The Labute approximate surface area is 223 Å². The average Bonchev–Trinajstić information content (AvgIpc) is 2.82. The van der Waals surface area contributed by atoms with Gasteiger partial charge in [0.05, 0.1) is 23.3 Å². The molecule has 2 heterocycles. The number of ketones is 1. The van der Waals surface area contributed by atoms with E-state index >= 15 is 0 Å². The largest absolute Gasteiger partial charge is 0.507 e. The second-order valence-electron chi connectivity index (χ2n) is 10.5. The van der Waals surface area contributed by atoms with Crippen LogP contribution in [0.3, 0.4) is 0 Å². The van der Waals surface area contributed by atoms with Gasteiger partial charge >= 0.3 is 0 Å². The number of methoxy groups -OCH3 is 1. The van der Waals surface area contributed by atoms with Crippen molar-refractivity contribution in [2.45, 2.75) is 51.4 Å². The van der Waals surface area contributed by atoms with Gasteiger partial charge in [0.25, 0.3) is 0 Å². The third-order valence-electron chi connectivity index (χ3n) is 7.80. The SMILES string of the molecule is COc1cc(C)c2c(c1)O[C@@]1(C)Cc3cc4c(c(O)c3[C@@H]2O1)C(=O)c1c(O)c(Cl)c(O)c(Cl)c1C4(C)C. The van der Waals surface area contributed by atoms with E-state index < -0.39 is 39.6 Å². The molecule has 192 valence electrons. The molecule has 9 heteroatoms. The number of hydrogen-bond donors (Lipinski definition) is 3. The topological polar surface area (TPSA) is 105 Å². The number of fused-ring (bicyclic) bond motifs is 8. The second kappa shape index (κ2) is 7.47. The van der Waals surface area contributed by atoms with E-state index in [0.717, 1.165) is 16.7 Å². The lowest BCUT2D eigenvalue weighted by molar-refractivity contribution is -0.216. The number of carbonyl (C=O) groups excluding carboxylic acids is 1. The lowest BCUT2D eigenvalue weighted by Crippen LogP contribution is -2.47. The normalized spacial score (nSPS) is 22.4. The fourth-order valence-corrected chi connectivity index (χ4v) is 6.76. The third-order valence-corrected chi connectivity index (χ3v) is 8.52. The summed E-state index contributed by atoms with van der Waals surface area (Å²) in [6.45, 7) is 7.36. The molecule has 0 amide bonds. The van der Waals surface area contributed by atoms with Gasteiger partial charge in [-0.15, -0.1) is 0 Å². The van der Waals surface area contributed by atoms with E-state index in [1.54, 1.807) is 13.2 Å². The summed E-state index contributed by atoms with van der Waals surface area (Å²) in [6, 6.07) is 5.51. The van der Waals surface area contributed by atoms with Crippen LogP contribution in [0, 0.1) is 6.92 Å². The summed E-state index contributed by atoms with van der Waals surface area (Å²) in [4.78, 5) is 13.9. The molecule has 1 aliphatic carbocycles. The average molecular weight is 543 g/mol. The van der Waals surface area contributed by atoms with Crippen LogP contribution in [0.2, 0.25) is 10.0 Å². The van der Waals surface area contributed by atoms with Crippen molar-refractivity contribution >= 4 is 29.0 Å². The first-order chi connectivity index (χ1) is 17.3. The summed E-state index contributed by atoms with van der Waals surface area (Å²) in [6.07, 6.45) is -0.399. The van der Waals surface area contributed by atoms with Crippen LogP contribution < -0.4 is 9.47 Å². The van der Waals surface area contributed by atoms with Gasteiger partial charge in [0, 0.05) is 36.0 Å². The molecule has 3 aromatic carbocycles. The predicted molar refractivity (Wildman–Crippen MR) is 137 cm³/mol. The van der Waals surface area contributed by atoms with E-state index in [4.69, 9.17) is 37.4 Å². The zero-order valence-electron chi connectivity index (χ0n) is 20.7. The summed E-state index contributed by atoms with van der Waals surface area (Å²) in [5.74, 6) is -1.76. The molecule has 2 bridgehead atoms. The minimum absolute atomic E-state index is 0.0378. The third kappa shape index (κ3) is 3.02.